The van der Waals surface area contributed by atoms with Gasteiger partial charge in [0.25, 0.3) is 0 Å². The van der Waals surface area contributed by atoms with E-state index in [1.165, 1.54) is 0 Å². The van der Waals surface area contributed by atoms with Crippen LogP contribution in [0.15, 0.2) is 60.7 Å². The molecule has 0 radical (unpaired) electrons. The van der Waals surface area contributed by atoms with E-state index < -0.39 is 0 Å². The van der Waals surface area contributed by atoms with Crippen molar-refractivity contribution >= 4 is 29.4 Å². The number of amides is 3. The van der Waals surface area contributed by atoms with E-state index in [1.807, 2.05) is 48.5 Å². The van der Waals surface area contributed by atoms with Gasteiger partial charge in [-0.2, -0.15) is 5.10 Å². The average Bonchev–Trinajstić information content (AvgIpc) is 3.25. The molecule has 8 heteroatoms. The van der Waals surface area contributed by atoms with Gasteiger partial charge < -0.3 is 15.5 Å². The van der Waals surface area contributed by atoms with Crippen LogP contribution in [0, 0.1) is 0 Å². The fourth-order valence-corrected chi connectivity index (χ4v) is 3.58. The highest BCUT2D eigenvalue weighted by Gasteiger charge is 2.23. The van der Waals surface area contributed by atoms with Crippen molar-refractivity contribution in [1.29, 1.82) is 0 Å². The molecule has 2 N–H and O–H groups in total. The molecule has 1 heterocycles. The van der Waals surface area contributed by atoms with Crippen molar-refractivity contribution in [3.05, 3.63) is 76.9 Å². The number of benzene rings is 2. The number of carbonyl (C=O) groups is 2. The largest absolute Gasteiger partial charge is 0.334 e. The molecule has 0 aliphatic heterocycles. The van der Waals surface area contributed by atoms with Crippen LogP contribution in [0.3, 0.4) is 0 Å². The third-order valence-corrected chi connectivity index (χ3v) is 5.76. The van der Waals surface area contributed by atoms with Gasteiger partial charge in [-0.15, -0.1) is 0 Å². The van der Waals surface area contributed by atoms with Crippen LogP contribution >= 0.6 is 11.6 Å². The first kappa shape index (κ1) is 26.3. The summed E-state index contributed by atoms with van der Waals surface area (Å²) in [5, 5.41) is 11.2. The number of halogens is 1. The van der Waals surface area contributed by atoms with E-state index in [9.17, 15) is 9.59 Å². The van der Waals surface area contributed by atoms with E-state index in [0.717, 1.165) is 29.8 Å². The van der Waals surface area contributed by atoms with Crippen molar-refractivity contribution in [3.8, 4) is 5.69 Å². The summed E-state index contributed by atoms with van der Waals surface area (Å²) >= 11 is 6.05. The van der Waals surface area contributed by atoms with Gasteiger partial charge in [0.15, 0.2) is 0 Å². The average molecular weight is 496 g/mol. The summed E-state index contributed by atoms with van der Waals surface area (Å²) in [6, 6.07) is 18.6. The maximum atomic E-state index is 13.1. The summed E-state index contributed by atoms with van der Waals surface area (Å²) in [6.07, 6.45) is 1.73. The Hall–Kier alpha value is -3.32. The highest BCUT2D eigenvalue weighted by molar-refractivity contribution is 6.30. The van der Waals surface area contributed by atoms with Crippen molar-refractivity contribution in [2.24, 2.45) is 0 Å². The van der Waals surface area contributed by atoms with E-state index in [-0.39, 0.29) is 23.9 Å². The molecule has 3 amide bonds. The van der Waals surface area contributed by atoms with Crippen molar-refractivity contribution in [2.45, 2.75) is 52.5 Å². The summed E-state index contributed by atoms with van der Waals surface area (Å²) in [7, 11) is 0. The molecule has 0 aliphatic rings. The van der Waals surface area contributed by atoms with Crippen molar-refractivity contribution < 1.29 is 9.59 Å². The summed E-state index contributed by atoms with van der Waals surface area (Å²) in [6.45, 7) is 9.09. The maximum absolute atomic E-state index is 13.1. The van der Waals surface area contributed by atoms with Crippen LogP contribution in [0.4, 0.5) is 10.6 Å². The Morgan fingerprint density at radius 3 is 2.37 bits per heavy atom. The number of rotatable bonds is 9. The molecule has 3 rings (SSSR count). The first-order valence-corrected chi connectivity index (χ1v) is 12.3. The predicted octanol–water partition coefficient (Wildman–Crippen LogP) is 5.77. The van der Waals surface area contributed by atoms with Gasteiger partial charge in [-0.3, -0.25) is 4.79 Å². The molecule has 0 aliphatic carbocycles. The molecular weight excluding hydrogens is 462 g/mol. The molecule has 7 nitrogen and oxygen atoms in total. The van der Waals surface area contributed by atoms with Gasteiger partial charge in [-0.25, -0.2) is 9.48 Å². The lowest BCUT2D eigenvalue weighted by atomic mass is 9.92. The van der Waals surface area contributed by atoms with Crippen LogP contribution < -0.4 is 10.6 Å². The molecule has 0 unspecified atom stereocenters. The standard InChI is InChI=1S/C27H34ClN5O2/c1-5-6-16-32(26(35)29-18-20-10-8-7-9-11-20)19-25(34)30-24-17-23(27(2,3)4)31-33(24)22-14-12-21(28)13-15-22/h7-15,17H,5-6,16,18-19H2,1-4H3,(H,29,35)(H,30,34). The van der Waals surface area contributed by atoms with Crippen LogP contribution in [-0.4, -0.2) is 39.7 Å². The number of carbonyl (C=O) groups excluding carboxylic acids is 2. The Bertz CT molecular complexity index is 1120. The Morgan fingerprint density at radius 2 is 1.74 bits per heavy atom. The number of unbranched alkanes of at least 4 members (excludes halogenated alkanes) is 1. The number of hydrogen-bond donors (Lipinski definition) is 2. The van der Waals surface area contributed by atoms with E-state index in [4.69, 9.17) is 16.7 Å². The lowest BCUT2D eigenvalue weighted by Gasteiger charge is -2.22. The fourth-order valence-electron chi connectivity index (χ4n) is 3.46. The van der Waals surface area contributed by atoms with Crippen LogP contribution in [0.5, 0.6) is 0 Å². The number of urea groups is 1. The predicted molar refractivity (Wildman–Crippen MR) is 141 cm³/mol. The zero-order chi connectivity index (χ0) is 25.4. The quantitative estimate of drug-likeness (QED) is 0.395. The van der Waals surface area contributed by atoms with Gasteiger partial charge in [0.05, 0.1) is 11.4 Å². The molecule has 186 valence electrons. The molecule has 35 heavy (non-hydrogen) atoms. The number of nitrogens with zero attached hydrogens (tertiary/aromatic N) is 3. The molecule has 0 bridgehead atoms. The second kappa shape index (κ2) is 11.9. The first-order chi connectivity index (χ1) is 16.7. The van der Waals surface area contributed by atoms with E-state index >= 15 is 0 Å². The maximum Gasteiger partial charge on any atom is 0.318 e. The second-order valence-electron chi connectivity index (χ2n) is 9.52. The lowest BCUT2D eigenvalue weighted by molar-refractivity contribution is -0.116. The fraction of sp³-hybridized carbons (Fsp3) is 0.370. The first-order valence-electron chi connectivity index (χ1n) is 11.9. The van der Waals surface area contributed by atoms with Gasteiger partial charge in [-0.1, -0.05) is 76.0 Å². The molecule has 0 fully saturated rings. The number of anilines is 1. The van der Waals surface area contributed by atoms with Gasteiger partial charge in [0, 0.05) is 29.6 Å². The summed E-state index contributed by atoms with van der Waals surface area (Å²) in [4.78, 5) is 27.5. The summed E-state index contributed by atoms with van der Waals surface area (Å²) in [5.41, 5.74) is 2.42. The van der Waals surface area contributed by atoms with Gasteiger partial charge in [-0.05, 0) is 36.2 Å². The Kier molecular flexibility index (Phi) is 8.93. The van der Waals surface area contributed by atoms with E-state index in [1.54, 1.807) is 21.7 Å². The van der Waals surface area contributed by atoms with Crippen LogP contribution in [-0.2, 0) is 16.8 Å². The number of aromatic nitrogens is 2. The molecule has 2 aromatic carbocycles. The molecule has 0 saturated carbocycles. The van der Waals surface area contributed by atoms with Crippen molar-refractivity contribution in [2.75, 3.05) is 18.4 Å². The lowest BCUT2D eigenvalue weighted by Crippen LogP contribution is -2.44. The van der Waals surface area contributed by atoms with Gasteiger partial charge in [0.2, 0.25) is 5.91 Å². The highest BCUT2D eigenvalue weighted by Crippen LogP contribution is 2.27. The highest BCUT2D eigenvalue weighted by atomic mass is 35.5. The number of hydrogen-bond acceptors (Lipinski definition) is 3. The normalized spacial score (nSPS) is 11.2. The zero-order valence-corrected chi connectivity index (χ0v) is 21.6. The molecule has 0 saturated heterocycles. The SMILES string of the molecule is CCCCN(CC(=O)Nc1cc(C(C)(C)C)nn1-c1ccc(Cl)cc1)C(=O)NCc1ccccc1. The Morgan fingerprint density at radius 1 is 1.06 bits per heavy atom. The molecule has 0 spiro atoms. The van der Waals surface area contributed by atoms with E-state index in [0.29, 0.717) is 23.9 Å². The van der Waals surface area contributed by atoms with Crippen LogP contribution in [0.1, 0.15) is 51.8 Å². The molecule has 3 aromatic rings. The molecule has 0 atom stereocenters. The van der Waals surface area contributed by atoms with Crippen molar-refractivity contribution in [1.82, 2.24) is 20.0 Å². The minimum absolute atomic E-state index is 0.0583. The minimum atomic E-state index is -0.286. The zero-order valence-electron chi connectivity index (χ0n) is 20.8. The summed E-state index contributed by atoms with van der Waals surface area (Å²) < 4.78 is 1.70. The Balaban J connectivity index is 1.75. The monoisotopic (exact) mass is 495 g/mol. The number of nitrogens with one attached hydrogen (secondary N) is 2. The summed E-state index contributed by atoms with van der Waals surface area (Å²) in [5.74, 6) is 0.258. The van der Waals surface area contributed by atoms with Gasteiger partial charge >= 0.3 is 6.03 Å². The van der Waals surface area contributed by atoms with Crippen LogP contribution in [0.2, 0.25) is 5.02 Å². The third-order valence-electron chi connectivity index (χ3n) is 5.51. The van der Waals surface area contributed by atoms with Crippen LogP contribution in [0.25, 0.3) is 5.69 Å². The smallest absolute Gasteiger partial charge is 0.318 e. The molecular formula is C27H34ClN5O2. The van der Waals surface area contributed by atoms with E-state index in [2.05, 4.69) is 38.3 Å². The second-order valence-corrected chi connectivity index (χ2v) is 9.96. The Labute approximate surface area is 212 Å². The minimum Gasteiger partial charge on any atom is -0.334 e. The third kappa shape index (κ3) is 7.59. The van der Waals surface area contributed by atoms with Crippen molar-refractivity contribution in [3.63, 3.8) is 0 Å². The van der Waals surface area contributed by atoms with Gasteiger partial charge in [0.1, 0.15) is 12.4 Å². The molecule has 1 aromatic heterocycles. The topological polar surface area (TPSA) is 79.3 Å².